The highest BCUT2D eigenvalue weighted by atomic mass is 16.5. The van der Waals surface area contributed by atoms with Gasteiger partial charge in [-0.25, -0.2) is 0 Å². The molecule has 2 aliphatic rings. The molecule has 0 saturated carbocycles. The van der Waals surface area contributed by atoms with E-state index in [2.05, 4.69) is 56.6 Å². The van der Waals surface area contributed by atoms with Crippen molar-refractivity contribution < 1.29 is 4.74 Å². The Balaban J connectivity index is 1.37. The number of benzene rings is 1. The molecule has 0 spiro atoms. The summed E-state index contributed by atoms with van der Waals surface area (Å²) in [6.45, 7) is 11.3. The van der Waals surface area contributed by atoms with E-state index in [1.807, 2.05) is 7.05 Å². The molecule has 2 heterocycles. The lowest BCUT2D eigenvalue weighted by atomic mass is 10.0. The number of unbranched alkanes of at least 4 members (excludes halogenated alkanes) is 1. The van der Waals surface area contributed by atoms with Gasteiger partial charge in [0.05, 0.1) is 13.2 Å². The van der Waals surface area contributed by atoms with Gasteiger partial charge in [-0.2, -0.15) is 0 Å². The number of rotatable bonds is 9. The molecule has 6 heteroatoms. The molecule has 1 unspecified atom stereocenters. The largest absolute Gasteiger partial charge is 0.379 e. The van der Waals surface area contributed by atoms with E-state index in [1.54, 1.807) is 0 Å². The zero-order chi connectivity index (χ0) is 21.0. The Morgan fingerprint density at radius 3 is 2.63 bits per heavy atom. The maximum absolute atomic E-state index is 5.47. The van der Waals surface area contributed by atoms with Crippen LogP contribution in [0.25, 0.3) is 0 Å². The third kappa shape index (κ3) is 7.56. The summed E-state index contributed by atoms with van der Waals surface area (Å²) in [5.41, 5.74) is 2.73. The minimum Gasteiger partial charge on any atom is -0.379 e. The highest BCUT2D eigenvalue weighted by Gasteiger charge is 2.17. The van der Waals surface area contributed by atoms with Crippen molar-refractivity contribution in [3.63, 3.8) is 0 Å². The van der Waals surface area contributed by atoms with Gasteiger partial charge < -0.3 is 20.3 Å². The summed E-state index contributed by atoms with van der Waals surface area (Å²) in [5, 5.41) is 6.98. The number of aliphatic imine (C=N–C) groups is 1. The predicted molar refractivity (Wildman–Crippen MR) is 125 cm³/mol. The van der Waals surface area contributed by atoms with E-state index in [9.17, 15) is 0 Å². The summed E-state index contributed by atoms with van der Waals surface area (Å²) in [6, 6.07) is 9.48. The molecule has 0 amide bonds. The molecule has 2 aliphatic heterocycles. The molecule has 30 heavy (non-hydrogen) atoms. The monoisotopic (exact) mass is 415 g/mol. The maximum atomic E-state index is 5.47. The average molecular weight is 416 g/mol. The van der Waals surface area contributed by atoms with Crippen LogP contribution in [0, 0.1) is 0 Å². The lowest BCUT2D eigenvalue weighted by Gasteiger charge is -2.33. The van der Waals surface area contributed by atoms with Crippen molar-refractivity contribution in [3.05, 3.63) is 35.4 Å². The first kappa shape index (κ1) is 23.0. The number of nitrogens with zero attached hydrogens (tertiary/aromatic N) is 3. The number of hydrogen-bond donors (Lipinski definition) is 2. The lowest BCUT2D eigenvalue weighted by molar-refractivity contribution is 0.0341. The van der Waals surface area contributed by atoms with E-state index >= 15 is 0 Å². The molecule has 0 radical (unpaired) electrons. The molecule has 3 rings (SSSR count). The van der Waals surface area contributed by atoms with E-state index in [0.717, 1.165) is 57.9 Å². The molecule has 1 atom stereocenters. The second kappa shape index (κ2) is 12.9. The summed E-state index contributed by atoms with van der Waals surface area (Å²) >= 11 is 0. The standard InChI is InChI=1S/C24H41N5O/c1-21-9-5-7-13-29(21)14-8-6-12-26-24(25-2)27-19-22-10-3-4-11-23(22)20-28-15-17-30-18-16-28/h3-4,10-11,21H,5-9,12-20H2,1-2H3,(H2,25,26,27). The van der Waals surface area contributed by atoms with Gasteiger partial charge in [0.1, 0.15) is 0 Å². The van der Waals surface area contributed by atoms with E-state index in [1.165, 1.54) is 56.3 Å². The number of hydrogen-bond acceptors (Lipinski definition) is 4. The second-order valence-corrected chi connectivity index (χ2v) is 8.60. The zero-order valence-corrected chi connectivity index (χ0v) is 19.0. The quantitative estimate of drug-likeness (QED) is 0.369. The number of piperidine rings is 1. The number of ether oxygens (including phenoxy) is 1. The van der Waals surface area contributed by atoms with Crippen LogP contribution in [0.15, 0.2) is 29.3 Å². The molecular weight excluding hydrogens is 374 g/mol. The van der Waals surface area contributed by atoms with E-state index in [-0.39, 0.29) is 0 Å². The Kier molecular flexibility index (Phi) is 9.93. The SMILES string of the molecule is CN=C(NCCCCN1CCCCC1C)NCc1ccccc1CN1CCOCC1. The first-order valence-corrected chi connectivity index (χ1v) is 11.8. The lowest BCUT2D eigenvalue weighted by Crippen LogP contribution is -2.39. The Bertz CT molecular complexity index is 644. The minimum atomic E-state index is 0.763. The first-order valence-electron chi connectivity index (χ1n) is 11.8. The van der Waals surface area contributed by atoms with Crippen molar-refractivity contribution in [3.8, 4) is 0 Å². The van der Waals surface area contributed by atoms with Crippen molar-refractivity contribution in [1.29, 1.82) is 0 Å². The Hall–Kier alpha value is -1.63. The van der Waals surface area contributed by atoms with E-state index in [0.29, 0.717) is 0 Å². The fourth-order valence-corrected chi connectivity index (χ4v) is 4.42. The molecule has 2 fully saturated rings. The smallest absolute Gasteiger partial charge is 0.191 e. The van der Waals surface area contributed by atoms with Crippen LogP contribution in [-0.4, -0.2) is 74.8 Å². The molecule has 2 saturated heterocycles. The molecule has 6 nitrogen and oxygen atoms in total. The van der Waals surface area contributed by atoms with Crippen molar-refractivity contribution >= 4 is 5.96 Å². The molecule has 168 valence electrons. The van der Waals surface area contributed by atoms with Gasteiger partial charge in [-0.3, -0.25) is 9.89 Å². The Morgan fingerprint density at radius 2 is 1.87 bits per heavy atom. The maximum Gasteiger partial charge on any atom is 0.191 e. The van der Waals surface area contributed by atoms with Crippen molar-refractivity contribution in [2.24, 2.45) is 4.99 Å². The van der Waals surface area contributed by atoms with Gasteiger partial charge in [0, 0.05) is 45.8 Å². The molecule has 0 aromatic heterocycles. The van der Waals surface area contributed by atoms with Gasteiger partial charge in [-0.15, -0.1) is 0 Å². The van der Waals surface area contributed by atoms with Gasteiger partial charge in [0.25, 0.3) is 0 Å². The number of likely N-dealkylation sites (tertiary alicyclic amines) is 1. The Morgan fingerprint density at radius 1 is 1.07 bits per heavy atom. The topological polar surface area (TPSA) is 52.1 Å². The average Bonchev–Trinajstić information content (AvgIpc) is 2.78. The second-order valence-electron chi connectivity index (χ2n) is 8.60. The van der Waals surface area contributed by atoms with Gasteiger partial charge in [0.2, 0.25) is 0 Å². The van der Waals surface area contributed by atoms with Crippen molar-refractivity contribution in [2.75, 3.05) is 53.0 Å². The molecule has 2 N–H and O–H groups in total. The highest BCUT2D eigenvalue weighted by Crippen LogP contribution is 2.16. The molecular formula is C24H41N5O. The van der Waals surface area contributed by atoms with Crippen LogP contribution in [0.1, 0.15) is 50.2 Å². The normalized spacial score (nSPS) is 21.5. The van der Waals surface area contributed by atoms with Crippen LogP contribution >= 0.6 is 0 Å². The Labute approximate surface area is 183 Å². The molecule has 1 aromatic rings. The third-order valence-electron chi connectivity index (χ3n) is 6.39. The number of guanidine groups is 1. The van der Waals surface area contributed by atoms with Crippen LogP contribution in [-0.2, 0) is 17.8 Å². The van der Waals surface area contributed by atoms with Crippen LogP contribution in [0.5, 0.6) is 0 Å². The molecule has 1 aromatic carbocycles. The van der Waals surface area contributed by atoms with Crippen molar-refractivity contribution in [2.45, 2.75) is 58.2 Å². The summed E-state index contributed by atoms with van der Waals surface area (Å²) < 4.78 is 5.47. The third-order valence-corrected chi connectivity index (χ3v) is 6.39. The summed E-state index contributed by atoms with van der Waals surface area (Å²) in [6.07, 6.45) is 6.55. The number of morpholine rings is 1. The van der Waals surface area contributed by atoms with Crippen LogP contribution < -0.4 is 10.6 Å². The summed E-state index contributed by atoms with van der Waals surface area (Å²) in [4.78, 5) is 9.53. The van der Waals surface area contributed by atoms with Crippen molar-refractivity contribution in [1.82, 2.24) is 20.4 Å². The fourth-order valence-electron chi connectivity index (χ4n) is 4.42. The van der Waals surface area contributed by atoms with Gasteiger partial charge in [-0.05, 0) is 56.8 Å². The van der Waals surface area contributed by atoms with E-state index in [4.69, 9.17) is 4.74 Å². The molecule has 0 aliphatic carbocycles. The fraction of sp³-hybridized carbons (Fsp3) is 0.708. The number of nitrogens with one attached hydrogen (secondary N) is 2. The molecule has 0 bridgehead atoms. The van der Waals surface area contributed by atoms with Gasteiger partial charge >= 0.3 is 0 Å². The summed E-state index contributed by atoms with van der Waals surface area (Å²) in [5.74, 6) is 0.891. The van der Waals surface area contributed by atoms with Crippen LogP contribution in [0.4, 0.5) is 0 Å². The predicted octanol–water partition coefficient (Wildman–Crippen LogP) is 2.84. The van der Waals surface area contributed by atoms with Crippen LogP contribution in [0.2, 0.25) is 0 Å². The summed E-state index contributed by atoms with van der Waals surface area (Å²) in [7, 11) is 1.85. The highest BCUT2D eigenvalue weighted by molar-refractivity contribution is 5.79. The van der Waals surface area contributed by atoms with Gasteiger partial charge in [-0.1, -0.05) is 30.7 Å². The first-order chi connectivity index (χ1) is 14.8. The zero-order valence-electron chi connectivity index (χ0n) is 19.0. The van der Waals surface area contributed by atoms with Gasteiger partial charge in [0.15, 0.2) is 5.96 Å². The minimum absolute atomic E-state index is 0.763. The van der Waals surface area contributed by atoms with Crippen LogP contribution in [0.3, 0.4) is 0 Å². The van der Waals surface area contributed by atoms with E-state index < -0.39 is 0 Å².